The van der Waals surface area contributed by atoms with Gasteiger partial charge in [0.25, 0.3) is 0 Å². The Morgan fingerprint density at radius 3 is 2.54 bits per heavy atom. The van der Waals surface area contributed by atoms with Crippen molar-refractivity contribution >= 4 is 11.8 Å². The Morgan fingerprint density at radius 1 is 1.00 bits per heavy atom. The minimum atomic E-state index is -0.541. The lowest BCUT2D eigenvalue weighted by Gasteiger charge is -2.24. The van der Waals surface area contributed by atoms with Crippen LogP contribution in [0.25, 0.3) is 11.3 Å². The van der Waals surface area contributed by atoms with Gasteiger partial charge in [0.1, 0.15) is 28.8 Å². The lowest BCUT2D eigenvalue weighted by molar-refractivity contribution is 0.306. The molecule has 1 N–H and O–H groups in total. The first kappa shape index (κ1) is 23.2. The van der Waals surface area contributed by atoms with Crippen LogP contribution in [0.2, 0.25) is 0 Å². The molecule has 178 valence electrons. The third-order valence-corrected chi connectivity index (χ3v) is 7.50. The Kier molecular flexibility index (Phi) is 7.19. The van der Waals surface area contributed by atoms with E-state index in [4.69, 9.17) is 9.15 Å². The molecule has 2 aromatic carbocycles. The van der Waals surface area contributed by atoms with E-state index < -0.39 is 5.63 Å². The lowest BCUT2D eigenvalue weighted by atomic mass is 9.84. The molecule has 4 aromatic rings. The first-order chi connectivity index (χ1) is 17.2. The highest BCUT2D eigenvalue weighted by Gasteiger charge is 2.21. The number of hydrogen-bond acceptors (Lipinski definition) is 6. The summed E-state index contributed by atoms with van der Waals surface area (Å²) in [6.45, 7) is 0.414. The van der Waals surface area contributed by atoms with Crippen molar-refractivity contribution in [2.45, 2.75) is 54.4 Å². The van der Waals surface area contributed by atoms with Crippen LogP contribution in [0.4, 0.5) is 0 Å². The average Bonchev–Trinajstić information content (AvgIpc) is 2.91. The zero-order chi connectivity index (χ0) is 24.0. The standard InChI is InChI=1S/C29H27NO4S/c31-25-17-26(22-12-14-23(15-13-22)33-19-20-7-6-16-30-18-20)34-29(32)28(25)35-27-11-5-4-10-24(27)21-8-2-1-3-9-21/h4-7,10-18,21,31H,1-3,8-9,19H2. The molecule has 0 radical (unpaired) electrons. The van der Waals surface area contributed by atoms with Crippen molar-refractivity contribution in [2.75, 3.05) is 0 Å². The molecule has 0 aliphatic heterocycles. The minimum Gasteiger partial charge on any atom is -0.506 e. The highest BCUT2D eigenvalue weighted by molar-refractivity contribution is 7.99. The molecule has 1 aliphatic rings. The molecule has 5 rings (SSSR count). The second-order valence-corrected chi connectivity index (χ2v) is 9.81. The van der Waals surface area contributed by atoms with Crippen molar-refractivity contribution in [3.63, 3.8) is 0 Å². The largest absolute Gasteiger partial charge is 0.506 e. The molecule has 0 atom stereocenters. The molecule has 0 amide bonds. The predicted molar refractivity (Wildman–Crippen MR) is 137 cm³/mol. The van der Waals surface area contributed by atoms with E-state index in [1.54, 1.807) is 12.4 Å². The number of pyridine rings is 1. The van der Waals surface area contributed by atoms with Gasteiger partial charge >= 0.3 is 5.63 Å². The van der Waals surface area contributed by atoms with Crippen LogP contribution in [-0.2, 0) is 6.61 Å². The van der Waals surface area contributed by atoms with Gasteiger partial charge in [0.15, 0.2) is 0 Å². The molecule has 1 aliphatic carbocycles. The van der Waals surface area contributed by atoms with Crippen molar-refractivity contribution in [3.8, 4) is 22.8 Å². The first-order valence-electron chi connectivity index (χ1n) is 11.9. The Balaban J connectivity index is 1.33. The maximum atomic E-state index is 12.9. The summed E-state index contributed by atoms with van der Waals surface area (Å²) in [4.78, 5) is 18.2. The van der Waals surface area contributed by atoms with Crippen molar-refractivity contribution in [2.24, 2.45) is 0 Å². The highest BCUT2D eigenvalue weighted by Crippen LogP contribution is 2.41. The second kappa shape index (κ2) is 10.8. The molecule has 2 aromatic heterocycles. The molecule has 5 nitrogen and oxygen atoms in total. The predicted octanol–water partition coefficient (Wildman–Crippen LogP) is 7.19. The van der Waals surface area contributed by atoms with Gasteiger partial charge < -0.3 is 14.3 Å². The van der Waals surface area contributed by atoms with Crippen molar-refractivity contribution in [1.82, 2.24) is 4.98 Å². The van der Waals surface area contributed by atoms with E-state index >= 15 is 0 Å². The molecular formula is C29H27NO4S. The molecule has 0 bridgehead atoms. The minimum absolute atomic E-state index is 0.0726. The van der Waals surface area contributed by atoms with Gasteiger partial charge in [-0.15, -0.1) is 0 Å². The fourth-order valence-electron chi connectivity index (χ4n) is 4.51. The van der Waals surface area contributed by atoms with Crippen molar-refractivity contribution in [1.29, 1.82) is 0 Å². The first-order valence-corrected chi connectivity index (χ1v) is 12.7. The second-order valence-electron chi connectivity index (χ2n) is 8.76. The molecule has 0 unspecified atom stereocenters. The number of hydrogen-bond donors (Lipinski definition) is 1. The van der Waals surface area contributed by atoms with Crippen LogP contribution in [0.15, 0.2) is 98.1 Å². The van der Waals surface area contributed by atoms with E-state index in [1.165, 1.54) is 55.5 Å². The van der Waals surface area contributed by atoms with Gasteiger partial charge in [-0.25, -0.2) is 4.79 Å². The smallest absolute Gasteiger partial charge is 0.354 e. The maximum absolute atomic E-state index is 12.9. The van der Waals surface area contributed by atoms with Crippen LogP contribution < -0.4 is 10.4 Å². The summed E-state index contributed by atoms with van der Waals surface area (Å²) in [5.41, 5.74) is 2.37. The topological polar surface area (TPSA) is 72.6 Å². The van der Waals surface area contributed by atoms with Gasteiger partial charge in [0.2, 0.25) is 0 Å². The van der Waals surface area contributed by atoms with Crippen LogP contribution in [0.3, 0.4) is 0 Å². The normalized spacial score (nSPS) is 14.1. The van der Waals surface area contributed by atoms with Gasteiger partial charge in [-0.3, -0.25) is 4.98 Å². The molecule has 1 saturated carbocycles. The van der Waals surface area contributed by atoms with E-state index in [0.717, 1.165) is 10.5 Å². The summed E-state index contributed by atoms with van der Waals surface area (Å²) in [7, 11) is 0. The van der Waals surface area contributed by atoms with Crippen LogP contribution >= 0.6 is 11.8 Å². The van der Waals surface area contributed by atoms with E-state index in [-0.39, 0.29) is 10.6 Å². The highest BCUT2D eigenvalue weighted by atomic mass is 32.2. The van der Waals surface area contributed by atoms with E-state index in [0.29, 0.717) is 29.6 Å². The molecule has 1 fully saturated rings. The number of ether oxygens (including phenoxy) is 1. The summed E-state index contributed by atoms with van der Waals surface area (Å²) in [5, 5.41) is 10.7. The Hall–Kier alpha value is -3.51. The van der Waals surface area contributed by atoms with Crippen LogP contribution in [0.5, 0.6) is 11.5 Å². The van der Waals surface area contributed by atoms with E-state index in [1.807, 2.05) is 54.6 Å². The molecule has 2 heterocycles. The number of nitrogens with zero attached hydrogens (tertiary/aromatic N) is 1. The van der Waals surface area contributed by atoms with Crippen molar-refractivity contribution < 1.29 is 14.3 Å². The number of benzene rings is 2. The Morgan fingerprint density at radius 2 is 1.80 bits per heavy atom. The van der Waals surface area contributed by atoms with Gasteiger partial charge in [-0.1, -0.05) is 55.3 Å². The van der Waals surface area contributed by atoms with Crippen LogP contribution in [0.1, 0.15) is 49.1 Å². The molecular weight excluding hydrogens is 458 g/mol. The summed E-state index contributed by atoms with van der Waals surface area (Å²) < 4.78 is 11.4. The summed E-state index contributed by atoms with van der Waals surface area (Å²) in [6, 6.07) is 20.7. The van der Waals surface area contributed by atoms with Gasteiger partial charge in [0, 0.05) is 34.5 Å². The monoisotopic (exact) mass is 485 g/mol. The van der Waals surface area contributed by atoms with Crippen LogP contribution in [-0.4, -0.2) is 10.1 Å². The fourth-order valence-corrected chi connectivity index (χ4v) is 5.51. The van der Waals surface area contributed by atoms with E-state index in [2.05, 4.69) is 11.1 Å². The zero-order valence-corrected chi connectivity index (χ0v) is 20.2. The Bertz CT molecular complexity index is 1330. The third-order valence-electron chi connectivity index (χ3n) is 6.33. The lowest BCUT2D eigenvalue weighted by Crippen LogP contribution is -2.07. The molecule has 6 heteroatoms. The Labute approximate surface area is 208 Å². The number of aromatic hydroxyl groups is 1. The maximum Gasteiger partial charge on any atom is 0.354 e. The van der Waals surface area contributed by atoms with E-state index in [9.17, 15) is 9.90 Å². The molecule has 0 saturated heterocycles. The number of rotatable bonds is 7. The summed E-state index contributed by atoms with van der Waals surface area (Å²) in [5.74, 6) is 1.43. The molecule has 35 heavy (non-hydrogen) atoms. The molecule has 0 spiro atoms. The average molecular weight is 486 g/mol. The SMILES string of the molecule is O=c1oc(-c2ccc(OCc3cccnc3)cc2)cc(O)c1Sc1ccccc1C1CCCCC1. The van der Waals surface area contributed by atoms with Crippen molar-refractivity contribution in [3.05, 3.63) is 101 Å². The zero-order valence-electron chi connectivity index (χ0n) is 19.4. The quantitative estimate of drug-likeness (QED) is 0.299. The fraction of sp³-hybridized carbons (Fsp3) is 0.241. The summed E-state index contributed by atoms with van der Waals surface area (Å²) in [6.07, 6.45) is 9.57. The number of aromatic nitrogens is 1. The van der Waals surface area contributed by atoms with Gasteiger partial charge in [-0.2, -0.15) is 0 Å². The van der Waals surface area contributed by atoms with Crippen LogP contribution in [0, 0.1) is 0 Å². The summed E-state index contributed by atoms with van der Waals surface area (Å²) >= 11 is 1.29. The van der Waals surface area contributed by atoms with Gasteiger partial charge in [-0.05, 0) is 60.7 Å². The van der Waals surface area contributed by atoms with Gasteiger partial charge in [0.05, 0.1) is 0 Å². The third kappa shape index (κ3) is 5.60.